The van der Waals surface area contributed by atoms with Gasteiger partial charge in [-0.1, -0.05) is 6.92 Å². The molecule has 0 radical (unpaired) electrons. The number of hydrogen-bond acceptors (Lipinski definition) is 7. The molecule has 0 spiro atoms. The number of nitrogens with two attached hydrogens (primary N) is 1. The summed E-state index contributed by atoms with van der Waals surface area (Å²) in [4.78, 5) is 48.6. The lowest BCUT2D eigenvalue weighted by atomic mass is 10.2. The molecule has 0 aromatic carbocycles. The highest BCUT2D eigenvalue weighted by Gasteiger charge is 2.19. The molecule has 1 rings (SSSR count). The second-order valence-electron chi connectivity index (χ2n) is 4.47. The molecule has 0 bridgehead atoms. The highest BCUT2D eigenvalue weighted by Crippen LogP contribution is 2.11. The number of nitrogen functional groups attached to an aromatic ring is 1. The Hall–Kier alpha value is -2.03. The number of carbonyl (C=O) groups excluding carboxylic acids is 2. The molecule has 0 unspecified atom stereocenters. The fourth-order valence-corrected chi connectivity index (χ4v) is 2.58. The predicted molar refractivity (Wildman–Crippen MR) is 84.3 cm³/mol. The first-order valence-corrected chi connectivity index (χ1v) is 7.88. The van der Waals surface area contributed by atoms with Crippen LogP contribution in [0.1, 0.15) is 30.1 Å². The number of hydrogen-bond donors (Lipinski definition) is 2. The van der Waals surface area contributed by atoms with Gasteiger partial charge in [0.25, 0.3) is 5.56 Å². The van der Waals surface area contributed by atoms with Crippen LogP contribution >= 0.6 is 11.8 Å². The molecule has 1 aromatic rings. The molecule has 1 aromatic heterocycles. The highest BCUT2D eigenvalue weighted by atomic mass is 32.2. The van der Waals surface area contributed by atoms with E-state index >= 15 is 0 Å². The smallest absolute Gasteiger partial charge is 0.329 e. The van der Waals surface area contributed by atoms with Gasteiger partial charge in [-0.2, -0.15) is 11.8 Å². The first-order valence-electron chi connectivity index (χ1n) is 6.72. The van der Waals surface area contributed by atoms with Gasteiger partial charge in [-0.25, -0.2) is 4.79 Å². The monoisotopic (exact) mass is 329 g/mol. The number of aromatic nitrogens is 2. The molecule has 0 aliphatic carbocycles. The fraction of sp³-hybridized carbons (Fsp3) is 0.538. The van der Waals surface area contributed by atoms with Crippen LogP contribution in [0.15, 0.2) is 9.59 Å². The van der Waals surface area contributed by atoms with E-state index in [2.05, 4.69) is 9.72 Å². The number of thioether (sulfide) groups is 1. The Morgan fingerprint density at radius 1 is 1.36 bits per heavy atom. The minimum absolute atomic E-state index is 0.00535. The molecule has 0 saturated carbocycles. The lowest BCUT2D eigenvalue weighted by Crippen LogP contribution is -2.36. The summed E-state index contributed by atoms with van der Waals surface area (Å²) in [5.41, 5.74) is 4.17. The van der Waals surface area contributed by atoms with Crippen LogP contribution in [0.2, 0.25) is 0 Å². The van der Waals surface area contributed by atoms with Crippen LogP contribution < -0.4 is 17.0 Å². The van der Waals surface area contributed by atoms with E-state index in [9.17, 15) is 19.2 Å². The molecule has 0 amide bonds. The van der Waals surface area contributed by atoms with E-state index in [1.807, 2.05) is 6.92 Å². The number of anilines is 1. The van der Waals surface area contributed by atoms with Crippen molar-refractivity contribution >= 4 is 29.3 Å². The third-order valence-electron chi connectivity index (χ3n) is 2.88. The van der Waals surface area contributed by atoms with Gasteiger partial charge >= 0.3 is 11.7 Å². The molecule has 0 saturated heterocycles. The minimum Gasteiger partial charge on any atom is -0.469 e. The second kappa shape index (κ2) is 8.42. The molecule has 1 heterocycles. The van der Waals surface area contributed by atoms with E-state index in [1.54, 1.807) is 0 Å². The van der Waals surface area contributed by atoms with Gasteiger partial charge in [0.1, 0.15) is 11.4 Å². The van der Waals surface area contributed by atoms with Crippen molar-refractivity contribution in [3.8, 4) is 0 Å². The number of aromatic amines is 1. The largest absolute Gasteiger partial charge is 0.469 e. The number of nitrogens with zero attached hydrogens (tertiary/aromatic N) is 1. The number of ketones is 1. The number of carbonyl (C=O) groups is 2. The zero-order chi connectivity index (χ0) is 16.7. The maximum Gasteiger partial charge on any atom is 0.329 e. The van der Waals surface area contributed by atoms with Gasteiger partial charge in [-0.3, -0.25) is 23.9 Å². The SMILES string of the molecule is CCCn1c(N)c(C(=O)CSCCC(=O)OC)c(=O)[nH]c1=O. The van der Waals surface area contributed by atoms with Gasteiger partial charge in [0.05, 0.1) is 19.3 Å². The van der Waals surface area contributed by atoms with Gasteiger partial charge in [0.2, 0.25) is 0 Å². The normalized spacial score (nSPS) is 10.5. The van der Waals surface area contributed by atoms with E-state index < -0.39 is 17.0 Å². The van der Waals surface area contributed by atoms with Crippen LogP contribution in [-0.4, -0.2) is 39.9 Å². The number of Topliss-reactive ketones (excluding diaryl/α,β-unsaturated/α-hetero) is 1. The zero-order valence-corrected chi connectivity index (χ0v) is 13.3. The molecule has 0 atom stereocenters. The Labute approximate surface area is 131 Å². The zero-order valence-electron chi connectivity index (χ0n) is 12.5. The number of ether oxygens (including phenoxy) is 1. The molecule has 122 valence electrons. The first-order chi connectivity index (χ1) is 10.4. The van der Waals surface area contributed by atoms with Crippen molar-refractivity contribution in [2.75, 3.05) is 24.3 Å². The Kier molecular flexibility index (Phi) is 6.90. The van der Waals surface area contributed by atoms with Crippen LogP contribution in [0.25, 0.3) is 0 Å². The van der Waals surface area contributed by atoms with Crippen LogP contribution in [0, 0.1) is 0 Å². The molecule has 0 aliphatic heterocycles. The van der Waals surface area contributed by atoms with Crippen molar-refractivity contribution in [2.45, 2.75) is 26.3 Å². The van der Waals surface area contributed by atoms with Crippen molar-refractivity contribution in [1.82, 2.24) is 9.55 Å². The topological polar surface area (TPSA) is 124 Å². The maximum absolute atomic E-state index is 12.1. The molecule has 3 N–H and O–H groups in total. The molecule has 8 nitrogen and oxygen atoms in total. The summed E-state index contributed by atoms with van der Waals surface area (Å²) in [5.74, 6) is -0.569. The van der Waals surface area contributed by atoms with E-state index in [-0.39, 0.29) is 29.5 Å². The third-order valence-corrected chi connectivity index (χ3v) is 3.84. The van der Waals surface area contributed by atoms with Gasteiger partial charge in [0, 0.05) is 12.3 Å². The van der Waals surface area contributed by atoms with E-state index in [4.69, 9.17) is 5.73 Å². The molecule has 22 heavy (non-hydrogen) atoms. The Balaban J connectivity index is 2.85. The number of nitrogens with one attached hydrogen (secondary N) is 1. The summed E-state index contributed by atoms with van der Waals surface area (Å²) in [5, 5.41) is 0. The Morgan fingerprint density at radius 3 is 2.64 bits per heavy atom. The third kappa shape index (κ3) is 4.48. The first kappa shape index (κ1) is 18.0. The molecule has 0 fully saturated rings. The summed E-state index contributed by atoms with van der Waals surface area (Å²) in [7, 11) is 1.29. The Bertz CT molecular complexity index is 665. The lowest BCUT2D eigenvalue weighted by Gasteiger charge is -2.10. The fourth-order valence-electron chi connectivity index (χ4n) is 1.80. The molecular weight excluding hydrogens is 310 g/mol. The van der Waals surface area contributed by atoms with Crippen LogP contribution in [-0.2, 0) is 16.1 Å². The van der Waals surface area contributed by atoms with E-state index in [0.29, 0.717) is 18.7 Å². The van der Waals surface area contributed by atoms with Crippen molar-refractivity contribution < 1.29 is 14.3 Å². The van der Waals surface area contributed by atoms with Crippen molar-refractivity contribution in [3.05, 3.63) is 26.4 Å². The van der Waals surface area contributed by atoms with Gasteiger partial charge in [0.15, 0.2) is 5.78 Å². The molecular formula is C13H19N3O5S. The highest BCUT2D eigenvalue weighted by molar-refractivity contribution is 8.00. The maximum atomic E-state index is 12.1. The summed E-state index contributed by atoms with van der Waals surface area (Å²) < 4.78 is 5.66. The van der Waals surface area contributed by atoms with Gasteiger partial charge < -0.3 is 10.5 Å². The average Bonchev–Trinajstić information content (AvgIpc) is 2.47. The number of rotatable bonds is 8. The van der Waals surface area contributed by atoms with Crippen LogP contribution in [0.5, 0.6) is 0 Å². The van der Waals surface area contributed by atoms with Crippen molar-refractivity contribution in [3.63, 3.8) is 0 Å². The summed E-state index contributed by atoms with van der Waals surface area (Å²) >= 11 is 1.19. The number of methoxy groups -OCH3 is 1. The van der Waals surface area contributed by atoms with Gasteiger partial charge in [-0.15, -0.1) is 0 Å². The number of H-pyrrole nitrogens is 1. The van der Waals surface area contributed by atoms with Crippen LogP contribution in [0.4, 0.5) is 5.82 Å². The quantitative estimate of drug-likeness (QED) is 0.391. The summed E-state index contributed by atoms with van der Waals surface area (Å²) in [6.45, 7) is 2.17. The molecule has 0 aliphatic rings. The summed E-state index contributed by atoms with van der Waals surface area (Å²) in [6.07, 6.45) is 0.813. The average molecular weight is 329 g/mol. The minimum atomic E-state index is -0.784. The summed E-state index contributed by atoms with van der Waals surface area (Å²) in [6, 6.07) is 0. The van der Waals surface area contributed by atoms with Crippen molar-refractivity contribution in [2.24, 2.45) is 0 Å². The second-order valence-corrected chi connectivity index (χ2v) is 5.58. The van der Waals surface area contributed by atoms with Crippen molar-refractivity contribution in [1.29, 1.82) is 0 Å². The van der Waals surface area contributed by atoms with Crippen LogP contribution in [0.3, 0.4) is 0 Å². The van der Waals surface area contributed by atoms with Gasteiger partial charge in [-0.05, 0) is 6.42 Å². The lowest BCUT2D eigenvalue weighted by molar-refractivity contribution is -0.140. The predicted octanol–water partition coefficient (Wildman–Crippen LogP) is 0.00780. The molecule has 9 heteroatoms. The van der Waals surface area contributed by atoms with E-state index in [1.165, 1.54) is 23.4 Å². The van der Waals surface area contributed by atoms with E-state index in [0.717, 1.165) is 0 Å². The Morgan fingerprint density at radius 2 is 2.05 bits per heavy atom. The standard InChI is InChI=1S/C13H19N3O5S/c1-3-5-16-11(14)10(12(19)15-13(16)20)8(17)7-22-6-4-9(18)21-2/h3-7,14H2,1-2H3,(H,15,19,20). The number of esters is 1.